The fourth-order valence-corrected chi connectivity index (χ4v) is 0.848. The van der Waals surface area contributed by atoms with Gasteiger partial charge in [0.15, 0.2) is 0 Å². The first-order valence-corrected chi connectivity index (χ1v) is 3.30. The zero-order valence-electron chi connectivity index (χ0n) is 4.87. The Bertz CT molecular complexity index is 245. The normalized spacial score (nSPS) is 9.70. The van der Waals surface area contributed by atoms with Crippen molar-refractivity contribution in [1.29, 1.82) is 0 Å². The Kier molecular flexibility index (Phi) is 2.06. The van der Waals surface area contributed by atoms with Gasteiger partial charge in [-0.25, -0.2) is 0 Å². The third-order valence-corrected chi connectivity index (χ3v) is 1.23. The van der Waals surface area contributed by atoms with E-state index in [2.05, 4.69) is 25.6 Å². The molecular formula is C5H4BrNO3. The summed E-state index contributed by atoms with van der Waals surface area (Å²) in [4.78, 5) is 10.1. The average Bonchev–Trinajstić information content (AvgIpc) is 2.13. The lowest BCUT2D eigenvalue weighted by Crippen LogP contribution is -1.97. The Hall–Kier alpha value is -0.840. The Balaban J connectivity index is 2.67. The number of carboxylic acids is 1. The van der Waals surface area contributed by atoms with Crippen molar-refractivity contribution in [2.45, 2.75) is 6.42 Å². The van der Waals surface area contributed by atoms with Crippen LogP contribution in [0.2, 0.25) is 0 Å². The van der Waals surface area contributed by atoms with Crippen molar-refractivity contribution >= 4 is 21.9 Å². The molecule has 0 aliphatic rings. The molecule has 54 valence electrons. The average molecular weight is 206 g/mol. The molecule has 0 fully saturated rings. The van der Waals surface area contributed by atoms with E-state index in [1.54, 1.807) is 0 Å². The molecule has 0 radical (unpaired) electrons. The van der Waals surface area contributed by atoms with Gasteiger partial charge in [0, 0.05) is 6.07 Å². The Labute approximate surface area is 64.9 Å². The van der Waals surface area contributed by atoms with E-state index >= 15 is 0 Å². The first kappa shape index (κ1) is 7.27. The Morgan fingerprint density at radius 3 is 3.00 bits per heavy atom. The minimum absolute atomic E-state index is 0.126. The number of rotatable bonds is 2. The van der Waals surface area contributed by atoms with Crippen molar-refractivity contribution in [3.63, 3.8) is 0 Å². The Morgan fingerprint density at radius 2 is 2.60 bits per heavy atom. The number of halogens is 1. The molecule has 1 rings (SSSR count). The maximum Gasteiger partial charge on any atom is 0.311 e. The molecule has 1 heterocycles. The van der Waals surface area contributed by atoms with Crippen LogP contribution in [0.3, 0.4) is 0 Å². The SMILES string of the molecule is O=C(O)Cc1cc(Br)no1. The van der Waals surface area contributed by atoms with Crippen molar-refractivity contribution in [2.75, 3.05) is 0 Å². The van der Waals surface area contributed by atoms with E-state index in [1.165, 1.54) is 6.07 Å². The highest BCUT2D eigenvalue weighted by atomic mass is 79.9. The van der Waals surface area contributed by atoms with Crippen LogP contribution < -0.4 is 0 Å². The molecule has 4 nitrogen and oxygen atoms in total. The number of hydrogen-bond donors (Lipinski definition) is 1. The van der Waals surface area contributed by atoms with Crippen LogP contribution in [0.5, 0.6) is 0 Å². The van der Waals surface area contributed by atoms with Gasteiger partial charge in [-0.3, -0.25) is 4.79 Å². The third kappa shape index (κ3) is 1.84. The van der Waals surface area contributed by atoms with Crippen molar-refractivity contribution < 1.29 is 14.4 Å². The van der Waals surface area contributed by atoms with E-state index in [0.29, 0.717) is 10.4 Å². The largest absolute Gasteiger partial charge is 0.481 e. The fourth-order valence-electron chi connectivity index (χ4n) is 0.520. The number of nitrogens with zero attached hydrogens (tertiary/aromatic N) is 1. The van der Waals surface area contributed by atoms with Gasteiger partial charge in [0.05, 0.1) is 0 Å². The summed E-state index contributed by atoms with van der Waals surface area (Å²) in [5.41, 5.74) is 0. The summed E-state index contributed by atoms with van der Waals surface area (Å²) in [6, 6.07) is 1.52. The van der Waals surface area contributed by atoms with Crippen LogP contribution in [0.25, 0.3) is 0 Å². The quantitative estimate of drug-likeness (QED) is 0.785. The zero-order valence-corrected chi connectivity index (χ0v) is 6.46. The number of aromatic nitrogens is 1. The molecule has 5 heteroatoms. The summed E-state index contributed by atoms with van der Waals surface area (Å²) in [5, 5.41) is 11.7. The van der Waals surface area contributed by atoms with E-state index in [4.69, 9.17) is 5.11 Å². The molecule has 0 aliphatic carbocycles. The van der Waals surface area contributed by atoms with Crippen LogP contribution in [0.4, 0.5) is 0 Å². The van der Waals surface area contributed by atoms with Gasteiger partial charge in [-0.2, -0.15) is 0 Å². The highest BCUT2D eigenvalue weighted by Crippen LogP contribution is 2.09. The van der Waals surface area contributed by atoms with Crippen LogP contribution in [0.15, 0.2) is 15.2 Å². The summed E-state index contributed by atoms with van der Waals surface area (Å²) < 4.78 is 5.11. The van der Waals surface area contributed by atoms with E-state index < -0.39 is 5.97 Å². The molecule has 0 saturated carbocycles. The maximum atomic E-state index is 10.1. The highest BCUT2D eigenvalue weighted by molar-refractivity contribution is 9.10. The van der Waals surface area contributed by atoms with E-state index in [9.17, 15) is 4.79 Å². The predicted octanol–water partition coefficient (Wildman–Crippen LogP) is 1.06. The van der Waals surface area contributed by atoms with E-state index in [-0.39, 0.29) is 6.42 Å². The second kappa shape index (κ2) is 2.83. The van der Waals surface area contributed by atoms with Crippen molar-refractivity contribution in [1.82, 2.24) is 5.16 Å². The monoisotopic (exact) mass is 205 g/mol. The molecular weight excluding hydrogens is 202 g/mol. The number of hydrogen-bond acceptors (Lipinski definition) is 3. The number of carboxylic acid groups (broad SMARTS) is 1. The lowest BCUT2D eigenvalue weighted by molar-refractivity contribution is -0.136. The van der Waals surface area contributed by atoms with Gasteiger partial charge in [-0.05, 0) is 15.9 Å². The minimum atomic E-state index is -0.927. The van der Waals surface area contributed by atoms with Crippen molar-refractivity contribution in [3.05, 3.63) is 16.4 Å². The maximum absolute atomic E-state index is 10.1. The second-order valence-corrected chi connectivity index (χ2v) is 2.50. The summed E-state index contributed by atoms with van der Waals surface area (Å²) >= 11 is 3.02. The molecule has 0 bridgehead atoms. The zero-order chi connectivity index (χ0) is 7.56. The van der Waals surface area contributed by atoms with E-state index in [0.717, 1.165) is 0 Å². The van der Waals surface area contributed by atoms with Gasteiger partial charge in [0.1, 0.15) is 16.8 Å². The molecule has 1 aromatic rings. The van der Waals surface area contributed by atoms with Gasteiger partial charge in [0.2, 0.25) is 0 Å². The van der Waals surface area contributed by atoms with E-state index in [1.807, 2.05) is 0 Å². The first-order chi connectivity index (χ1) is 4.68. The van der Waals surface area contributed by atoms with Crippen LogP contribution in [0, 0.1) is 0 Å². The molecule has 1 N–H and O–H groups in total. The summed E-state index contributed by atoms with van der Waals surface area (Å²) in [6.07, 6.45) is -0.126. The Morgan fingerprint density at radius 1 is 1.90 bits per heavy atom. The summed E-state index contributed by atoms with van der Waals surface area (Å²) in [6.45, 7) is 0. The molecule has 0 saturated heterocycles. The molecule has 0 spiro atoms. The molecule has 0 aromatic carbocycles. The molecule has 0 amide bonds. The minimum Gasteiger partial charge on any atom is -0.481 e. The third-order valence-electron chi connectivity index (χ3n) is 0.856. The van der Waals surface area contributed by atoms with Crippen LogP contribution in [0.1, 0.15) is 5.76 Å². The van der Waals surface area contributed by atoms with Crippen LogP contribution in [-0.2, 0) is 11.2 Å². The molecule has 0 atom stereocenters. The topological polar surface area (TPSA) is 63.3 Å². The van der Waals surface area contributed by atoms with Gasteiger partial charge < -0.3 is 9.63 Å². The summed E-state index contributed by atoms with van der Waals surface area (Å²) in [5.74, 6) is -0.581. The van der Waals surface area contributed by atoms with Gasteiger partial charge >= 0.3 is 5.97 Å². The lowest BCUT2D eigenvalue weighted by atomic mass is 10.3. The highest BCUT2D eigenvalue weighted by Gasteiger charge is 2.05. The molecule has 10 heavy (non-hydrogen) atoms. The first-order valence-electron chi connectivity index (χ1n) is 2.51. The standard InChI is InChI=1S/C5H4BrNO3/c6-4-1-3(10-7-4)2-5(8)9/h1H,2H2,(H,8,9). The molecule has 0 aliphatic heterocycles. The van der Waals surface area contributed by atoms with Gasteiger partial charge in [-0.1, -0.05) is 5.16 Å². The lowest BCUT2D eigenvalue weighted by Gasteiger charge is -1.83. The van der Waals surface area contributed by atoms with Crippen LogP contribution in [-0.4, -0.2) is 16.2 Å². The number of carbonyl (C=O) groups is 1. The van der Waals surface area contributed by atoms with Crippen LogP contribution >= 0.6 is 15.9 Å². The summed E-state index contributed by atoms with van der Waals surface area (Å²) in [7, 11) is 0. The fraction of sp³-hybridized carbons (Fsp3) is 0.200. The second-order valence-electron chi connectivity index (χ2n) is 1.69. The van der Waals surface area contributed by atoms with Gasteiger partial charge in [-0.15, -0.1) is 0 Å². The van der Waals surface area contributed by atoms with Gasteiger partial charge in [0.25, 0.3) is 0 Å². The molecule has 0 unspecified atom stereocenters. The smallest absolute Gasteiger partial charge is 0.311 e. The van der Waals surface area contributed by atoms with Crippen molar-refractivity contribution in [3.8, 4) is 0 Å². The number of aliphatic carboxylic acids is 1. The van der Waals surface area contributed by atoms with Crippen molar-refractivity contribution in [2.24, 2.45) is 0 Å². The predicted molar refractivity (Wildman–Crippen MR) is 35.5 cm³/mol. The molecule has 1 aromatic heterocycles.